The first kappa shape index (κ1) is 16.4. The summed E-state index contributed by atoms with van der Waals surface area (Å²) >= 11 is 0. The molecule has 6 nitrogen and oxygen atoms in total. The van der Waals surface area contributed by atoms with Gasteiger partial charge in [-0.25, -0.2) is 9.79 Å². The van der Waals surface area contributed by atoms with Gasteiger partial charge in [0.1, 0.15) is 5.84 Å². The second-order valence-corrected chi connectivity index (χ2v) is 4.67. The highest BCUT2D eigenvalue weighted by atomic mass is 16.5. The van der Waals surface area contributed by atoms with E-state index in [1.807, 2.05) is 6.92 Å². The molecule has 0 aromatic carbocycles. The van der Waals surface area contributed by atoms with Crippen LogP contribution >= 0.6 is 0 Å². The number of rotatable bonds is 3. The van der Waals surface area contributed by atoms with Gasteiger partial charge in [0.15, 0.2) is 0 Å². The first-order valence-corrected chi connectivity index (χ1v) is 6.62. The maximum atomic E-state index is 11.6. The van der Waals surface area contributed by atoms with Gasteiger partial charge in [-0.1, -0.05) is 0 Å². The molecule has 0 spiro atoms. The summed E-state index contributed by atoms with van der Waals surface area (Å²) < 4.78 is 10.1. The van der Waals surface area contributed by atoms with Crippen molar-refractivity contribution < 1.29 is 14.3 Å². The summed E-state index contributed by atoms with van der Waals surface area (Å²) in [6.07, 6.45) is 1.57. The minimum absolute atomic E-state index is 0.269. The third kappa shape index (κ3) is 4.16. The average molecular weight is 281 g/mol. The van der Waals surface area contributed by atoms with Crippen LogP contribution in [0.15, 0.2) is 21.3 Å². The van der Waals surface area contributed by atoms with E-state index in [0.29, 0.717) is 24.5 Å². The van der Waals surface area contributed by atoms with Gasteiger partial charge >= 0.3 is 5.97 Å². The summed E-state index contributed by atoms with van der Waals surface area (Å²) in [5.41, 5.74) is 0.967. The van der Waals surface area contributed by atoms with E-state index in [2.05, 4.69) is 21.8 Å². The van der Waals surface area contributed by atoms with Gasteiger partial charge in [-0.05, 0) is 20.8 Å². The Labute approximate surface area is 120 Å². The molecule has 0 N–H and O–H groups in total. The molecule has 1 aliphatic rings. The fraction of sp³-hybridized carbons (Fsp3) is 0.643. The Morgan fingerprint density at radius 1 is 1.45 bits per heavy atom. The standard InChI is InChI=1S/C14H23N3O3/c1-10-9-20-7-6-17(10)12(3)16-13(8-15-4)11(2)14(18)19-5/h8,10H,6-7,9H2,1-5H3/b13-11-,15-8?,16-12?/t10-/m1/s1. The smallest absolute Gasteiger partial charge is 0.335 e. The molecule has 1 saturated heterocycles. The number of aliphatic imine (C=N–C) groups is 2. The summed E-state index contributed by atoms with van der Waals surface area (Å²) in [7, 11) is 3.00. The molecular formula is C14H23N3O3. The Hall–Kier alpha value is -1.69. The van der Waals surface area contributed by atoms with Crippen molar-refractivity contribution in [2.45, 2.75) is 26.8 Å². The number of methoxy groups -OCH3 is 1. The number of allylic oxidation sites excluding steroid dienone is 1. The Morgan fingerprint density at radius 3 is 2.70 bits per heavy atom. The summed E-state index contributed by atoms with van der Waals surface area (Å²) in [4.78, 5) is 22.2. The molecule has 0 aromatic heterocycles. The van der Waals surface area contributed by atoms with Crippen molar-refractivity contribution in [2.24, 2.45) is 9.98 Å². The van der Waals surface area contributed by atoms with E-state index >= 15 is 0 Å². The van der Waals surface area contributed by atoms with Crippen molar-refractivity contribution in [3.05, 3.63) is 11.3 Å². The fourth-order valence-corrected chi connectivity index (χ4v) is 2.04. The van der Waals surface area contributed by atoms with Crippen molar-refractivity contribution in [3.63, 3.8) is 0 Å². The molecular weight excluding hydrogens is 258 g/mol. The highest BCUT2D eigenvalue weighted by Crippen LogP contribution is 2.11. The SMILES string of the molecule is CN=C/C(N=C(C)N1CCOC[C@H]1C)=C(\C)C(=O)OC. The van der Waals surface area contributed by atoms with Crippen LogP contribution in [0.5, 0.6) is 0 Å². The maximum Gasteiger partial charge on any atom is 0.335 e. The number of carbonyl (C=O) groups is 1. The van der Waals surface area contributed by atoms with E-state index in [-0.39, 0.29) is 6.04 Å². The predicted octanol–water partition coefficient (Wildman–Crippen LogP) is 1.27. The van der Waals surface area contributed by atoms with Crippen molar-refractivity contribution >= 4 is 18.0 Å². The van der Waals surface area contributed by atoms with Crippen molar-refractivity contribution in [3.8, 4) is 0 Å². The monoisotopic (exact) mass is 281 g/mol. The molecule has 0 aromatic rings. The Bertz CT molecular complexity index is 441. The lowest BCUT2D eigenvalue weighted by atomic mass is 10.2. The van der Waals surface area contributed by atoms with Gasteiger partial charge in [0.2, 0.25) is 0 Å². The second kappa shape index (κ2) is 7.79. The minimum Gasteiger partial charge on any atom is -0.466 e. The highest BCUT2D eigenvalue weighted by Gasteiger charge is 2.20. The zero-order valence-corrected chi connectivity index (χ0v) is 12.8. The van der Waals surface area contributed by atoms with Crippen LogP contribution in [0.4, 0.5) is 0 Å². The largest absolute Gasteiger partial charge is 0.466 e. The molecule has 0 bridgehead atoms. The van der Waals surface area contributed by atoms with Gasteiger partial charge < -0.3 is 14.4 Å². The lowest BCUT2D eigenvalue weighted by molar-refractivity contribution is -0.136. The van der Waals surface area contributed by atoms with Gasteiger partial charge in [-0.15, -0.1) is 0 Å². The van der Waals surface area contributed by atoms with Crippen molar-refractivity contribution in [1.29, 1.82) is 0 Å². The van der Waals surface area contributed by atoms with Gasteiger partial charge in [0.25, 0.3) is 0 Å². The summed E-state index contributed by atoms with van der Waals surface area (Å²) in [6.45, 7) is 7.86. The molecule has 0 amide bonds. The highest BCUT2D eigenvalue weighted by molar-refractivity contribution is 5.98. The van der Waals surface area contributed by atoms with E-state index in [9.17, 15) is 4.79 Å². The zero-order valence-electron chi connectivity index (χ0n) is 12.8. The van der Waals surface area contributed by atoms with E-state index in [0.717, 1.165) is 12.4 Å². The summed E-state index contributed by atoms with van der Waals surface area (Å²) in [5.74, 6) is 0.449. The molecule has 1 aliphatic heterocycles. The van der Waals surface area contributed by atoms with E-state index in [4.69, 9.17) is 9.47 Å². The van der Waals surface area contributed by atoms with Gasteiger partial charge in [0.05, 0.1) is 37.6 Å². The third-order valence-electron chi connectivity index (χ3n) is 3.19. The molecule has 1 rings (SSSR count). The number of nitrogens with zero attached hydrogens (tertiary/aromatic N) is 3. The molecule has 1 heterocycles. The Balaban J connectivity index is 3.04. The number of hydrogen-bond donors (Lipinski definition) is 0. The molecule has 0 aliphatic carbocycles. The number of hydrogen-bond acceptors (Lipinski definition) is 5. The Kier molecular flexibility index (Phi) is 6.38. The van der Waals surface area contributed by atoms with Crippen LogP contribution in [-0.2, 0) is 14.3 Å². The van der Waals surface area contributed by atoms with Crippen LogP contribution in [0.3, 0.4) is 0 Å². The summed E-state index contributed by atoms with van der Waals surface area (Å²) in [5, 5.41) is 0. The number of morpholine rings is 1. The molecule has 6 heteroatoms. The maximum absolute atomic E-state index is 11.6. The predicted molar refractivity (Wildman–Crippen MR) is 79.2 cm³/mol. The molecule has 1 atom stereocenters. The van der Waals surface area contributed by atoms with Crippen molar-refractivity contribution in [1.82, 2.24) is 4.90 Å². The van der Waals surface area contributed by atoms with Crippen LogP contribution in [0, 0.1) is 0 Å². The first-order valence-electron chi connectivity index (χ1n) is 6.62. The van der Waals surface area contributed by atoms with Crippen LogP contribution in [-0.4, -0.2) is 62.9 Å². The number of carbonyl (C=O) groups excluding carboxylic acids is 1. The average Bonchev–Trinajstić information content (AvgIpc) is 2.45. The number of ether oxygens (including phenoxy) is 2. The van der Waals surface area contributed by atoms with E-state index in [1.54, 1.807) is 20.2 Å². The van der Waals surface area contributed by atoms with Gasteiger partial charge in [-0.3, -0.25) is 4.99 Å². The lowest BCUT2D eigenvalue weighted by Gasteiger charge is -2.34. The molecule has 20 heavy (non-hydrogen) atoms. The molecule has 0 unspecified atom stereocenters. The quantitative estimate of drug-likeness (QED) is 0.338. The number of amidine groups is 1. The summed E-state index contributed by atoms with van der Waals surface area (Å²) in [6, 6.07) is 0.269. The van der Waals surface area contributed by atoms with Crippen molar-refractivity contribution in [2.75, 3.05) is 33.9 Å². The Morgan fingerprint density at radius 2 is 2.15 bits per heavy atom. The van der Waals surface area contributed by atoms with Crippen LogP contribution < -0.4 is 0 Å². The molecule has 0 saturated carbocycles. The topological polar surface area (TPSA) is 63.5 Å². The third-order valence-corrected chi connectivity index (χ3v) is 3.19. The molecule has 1 fully saturated rings. The molecule has 0 radical (unpaired) electrons. The molecule has 112 valence electrons. The number of esters is 1. The first-order chi connectivity index (χ1) is 9.51. The van der Waals surface area contributed by atoms with Gasteiger partial charge in [0, 0.05) is 19.8 Å². The van der Waals surface area contributed by atoms with Gasteiger partial charge in [-0.2, -0.15) is 0 Å². The van der Waals surface area contributed by atoms with Crippen LogP contribution in [0.25, 0.3) is 0 Å². The van der Waals surface area contributed by atoms with E-state index < -0.39 is 5.97 Å². The van der Waals surface area contributed by atoms with Crippen LogP contribution in [0.2, 0.25) is 0 Å². The van der Waals surface area contributed by atoms with Crippen LogP contribution in [0.1, 0.15) is 20.8 Å². The second-order valence-electron chi connectivity index (χ2n) is 4.67. The van der Waals surface area contributed by atoms with E-state index in [1.165, 1.54) is 7.11 Å². The minimum atomic E-state index is -0.397. The normalized spacial score (nSPS) is 21.9. The lowest BCUT2D eigenvalue weighted by Crippen LogP contribution is -2.46. The zero-order chi connectivity index (χ0) is 15.1. The fourth-order valence-electron chi connectivity index (χ4n) is 2.04.